The fourth-order valence-electron chi connectivity index (χ4n) is 2.00. The van der Waals surface area contributed by atoms with Crippen molar-refractivity contribution >= 4 is 23.8 Å². The average molecular weight is 288 g/mol. The van der Waals surface area contributed by atoms with Gasteiger partial charge >= 0.3 is 12.0 Å². The number of unbranched alkanes of at least 4 members (excludes halogenated alkanes) is 3. The van der Waals surface area contributed by atoms with Crippen molar-refractivity contribution in [2.45, 2.75) is 38.5 Å². The molecule has 1 rings (SSSR count). The molecule has 3 N–H and O–H groups in total. The molecule has 0 radical (unpaired) electrons. The second kappa shape index (κ2) is 9.95. The van der Waals surface area contributed by atoms with Gasteiger partial charge in [-0.1, -0.05) is 12.8 Å². The lowest BCUT2D eigenvalue weighted by molar-refractivity contribution is -0.137. The van der Waals surface area contributed by atoms with E-state index in [1.165, 1.54) is 12.2 Å². The van der Waals surface area contributed by atoms with Crippen molar-refractivity contribution in [3.63, 3.8) is 0 Å². The van der Waals surface area contributed by atoms with Gasteiger partial charge in [0, 0.05) is 19.5 Å². The maximum Gasteiger partial charge on any atom is 0.314 e. The van der Waals surface area contributed by atoms with Gasteiger partial charge in [0.1, 0.15) is 0 Å². The van der Waals surface area contributed by atoms with E-state index in [0.717, 1.165) is 38.0 Å². The Balaban J connectivity index is 1.85. The Morgan fingerprint density at radius 1 is 1.16 bits per heavy atom. The van der Waals surface area contributed by atoms with Crippen LogP contribution in [0.4, 0.5) is 4.79 Å². The molecular formula is C13H24N2O3S. The van der Waals surface area contributed by atoms with Crippen LogP contribution >= 0.6 is 11.8 Å². The van der Waals surface area contributed by atoms with Crippen molar-refractivity contribution in [2.24, 2.45) is 5.92 Å². The molecule has 0 aromatic rings. The number of carboxylic acids is 1. The number of hydrogen-bond donors (Lipinski definition) is 3. The maximum absolute atomic E-state index is 11.5. The van der Waals surface area contributed by atoms with Crippen molar-refractivity contribution in [1.82, 2.24) is 10.6 Å². The number of carboxylic acid groups (broad SMARTS) is 1. The van der Waals surface area contributed by atoms with Crippen LogP contribution in [0.1, 0.15) is 38.5 Å². The molecule has 0 aromatic carbocycles. The van der Waals surface area contributed by atoms with Crippen molar-refractivity contribution < 1.29 is 14.7 Å². The van der Waals surface area contributed by atoms with E-state index in [0.29, 0.717) is 12.5 Å². The number of carbonyl (C=O) groups is 2. The summed E-state index contributed by atoms with van der Waals surface area (Å²) in [5.41, 5.74) is 0. The van der Waals surface area contributed by atoms with E-state index in [2.05, 4.69) is 10.6 Å². The number of aliphatic carboxylic acids is 1. The Morgan fingerprint density at radius 3 is 2.63 bits per heavy atom. The lowest BCUT2D eigenvalue weighted by Crippen LogP contribution is -2.38. The number of urea groups is 1. The van der Waals surface area contributed by atoms with E-state index in [4.69, 9.17) is 5.11 Å². The van der Waals surface area contributed by atoms with E-state index in [9.17, 15) is 9.59 Å². The molecule has 1 atom stereocenters. The quantitative estimate of drug-likeness (QED) is 0.568. The average Bonchev–Trinajstić information content (AvgIpc) is 2.88. The number of thioether (sulfide) groups is 1. The minimum absolute atomic E-state index is 0.0811. The number of hydrogen-bond acceptors (Lipinski definition) is 3. The van der Waals surface area contributed by atoms with Gasteiger partial charge < -0.3 is 15.7 Å². The van der Waals surface area contributed by atoms with Crippen LogP contribution in [0.2, 0.25) is 0 Å². The Bertz CT molecular complexity index is 281. The second-order valence-electron chi connectivity index (χ2n) is 4.92. The normalized spacial score (nSPS) is 18.2. The van der Waals surface area contributed by atoms with Gasteiger partial charge in [-0.3, -0.25) is 4.79 Å². The van der Waals surface area contributed by atoms with Crippen molar-refractivity contribution in [3.8, 4) is 0 Å². The third-order valence-electron chi connectivity index (χ3n) is 3.18. The summed E-state index contributed by atoms with van der Waals surface area (Å²) in [5.74, 6) is 2.27. The highest BCUT2D eigenvalue weighted by atomic mass is 32.2. The van der Waals surface area contributed by atoms with Gasteiger partial charge in [0.2, 0.25) is 0 Å². The van der Waals surface area contributed by atoms with Crippen LogP contribution in [-0.2, 0) is 4.79 Å². The van der Waals surface area contributed by atoms with E-state index >= 15 is 0 Å². The van der Waals surface area contributed by atoms with Crippen LogP contribution in [0.15, 0.2) is 0 Å². The minimum Gasteiger partial charge on any atom is -0.481 e. The highest BCUT2D eigenvalue weighted by Crippen LogP contribution is 2.22. The Morgan fingerprint density at radius 2 is 1.95 bits per heavy atom. The molecule has 1 aliphatic heterocycles. The lowest BCUT2D eigenvalue weighted by atomic mass is 10.1. The minimum atomic E-state index is -0.734. The zero-order valence-corrected chi connectivity index (χ0v) is 12.1. The molecule has 0 aromatic heterocycles. The smallest absolute Gasteiger partial charge is 0.314 e. The van der Waals surface area contributed by atoms with Crippen LogP contribution < -0.4 is 10.6 Å². The fraction of sp³-hybridized carbons (Fsp3) is 0.846. The first-order chi connectivity index (χ1) is 9.18. The number of amides is 2. The van der Waals surface area contributed by atoms with Crippen LogP contribution in [0.3, 0.4) is 0 Å². The van der Waals surface area contributed by atoms with E-state index in [-0.39, 0.29) is 12.5 Å². The first-order valence-electron chi connectivity index (χ1n) is 6.99. The molecule has 110 valence electrons. The first-order valence-corrected chi connectivity index (χ1v) is 8.15. The Kier molecular flexibility index (Phi) is 8.45. The zero-order chi connectivity index (χ0) is 13.9. The molecule has 0 spiro atoms. The molecule has 1 unspecified atom stereocenters. The number of nitrogens with one attached hydrogen (secondary N) is 2. The summed E-state index contributed by atoms with van der Waals surface area (Å²) in [7, 11) is 0. The fourth-order valence-corrected chi connectivity index (χ4v) is 3.29. The maximum atomic E-state index is 11.5. The van der Waals surface area contributed by atoms with Gasteiger partial charge in [0.05, 0.1) is 0 Å². The summed E-state index contributed by atoms with van der Waals surface area (Å²) in [5, 5.41) is 14.2. The molecule has 5 nitrogen and oxygen atoms in total. The molecule has 2 amide bonds. The van der Waals surface area contributed by atoms with Gasteiger partial charge in [-0.05, 0) is 36.7 Å². The Labute approximate surface area is 118 Å². The molecule has 0 aliphatic carbocycles. The third-order valence-corrected chi connectivity index (χ3v) is 4.41. The predicted octanol–water partition coefficient (Wildman–Crippen LogP) is 2.07. The van der Waals surface area contributed by atoms with Crippen molar-refractivity contribution in [3.05, 3.63) is 0 Å². The van der Waals surface area contributed by atoms with Gasteiger partial charge in [-0.15, -0.1) is 0 Å². The van der Waals surface area contributed by atoms with Crippen LogP contribution in [0.5, 0.6) is 0 Å². The summed E-state index contributed by atoms with van der Waals surface area (Å²) >= 11 is 1.95. The highest BCUT2D eigenvalue weighted by molar-refractivity contribution is 7.99. The SMILES string of the molecule is O=C(O)CCCCCCNC(=O)NCC1CCSC1. The molecule has 0 saturated carbocycles. The first kappa shape index (κ1) is 16.1. The summed E-state index contributed by atoms with van der Waals surface area (Å²) in [6.07, 6.45) is 4.96. The summed E-state index contributed by atoms with van der Waals surface area (Å²) < 4.78 is 0. The van der Waals surface area contributed by atoms with Crippen LogP contribution in [0.25, 0.3) is 0 Å². The summed E-state index contributed by atoms with van der Waals surface area (Å²) in [6, 6.07) is -0.0811. The summed E-state index contributed by atoms with van der Waals surface area (Å²) in [4.78, 5) is 21.8. The molecule has 19 heavy (non-hydrogen) atoms. The summed E-state index contributed by atoms with van der Waals surface area (Å²) in [6.45, 7) is 1.44. The van der Waals surface area contributed by atoms with E-state index < -0.39 is 5.97 Å². The number of carbonyl (C=O) groups excluding carboxylic acids is 1. The molecule has 1 fully saturated rings. The second-order valence-corrected chi connectivity index (χ2v) is 6.07. The zero-order valence-electron chi connectivity index (χ0n) is 11.3. The van der Waals surface area contributed by atoms with Gasteiger partial charge in [-0.2, -0.15) is 11.8 Å². The van der Waals surface area contributed by atoms with Crippen molar-refractivity contribution in [2.75, 3.05) is 24.6 Å². The molecule has 1 heterocycles. The molecular weight excluding hydrogens is 264 g/mol. The Hall–Kier alpha value is -0.910. The standard InChI is InChI=1S/C13H24N2O3S/c16-12(17)5-3-1-2-4-7-14-13(18)15-9-11-6-8-19-10-11/h11H,1-10H2,(H,16,17)(H2,14,15,18). The van der Waals surface area contributed by atoms with Crippen LogP contribution in [-0.4, -0.2) is 41.7 Å². The molecule has 1 aliphatic rings. The monoisotopic (exact) mass is 288 g/mol. The highest BCUT2D eigenvalue weighted by Gasteiger charge is 2.15. The molecule has 6 heteroatoms. The topological polar surface area (TPSA) is 78.4 Å². The van der Waals surface area contributed by atoms with Crippen LogP contribution in [0, 0.1) is 5.92 Å². The third kappa shape index (κ3) is 8.75. The van der Waals surface area contributed by atoms with Gasteiger partial charge in [-0.25, -0.2) is 4.79 Å². The number of rotatable bonds is 9. The van der Waals surface area contributed by atoms with Gasteiger partial charge in [0.15, 0.2) is 0 Å². The lowest BCUT2D eigenvalue weighted by Gasteiger charge is -2.11. The predicted molar refractivity (Wildman–Crippen MR) is 77.6 cm³/mol. The van der Waals surface area contributed by atoms with Crippen molar-refractivity contribution in [1.29, 1.82) is 0 Å². The van der Waals surface area contributed by atoms with E-state index in [1.54, 1.807) is 0 Å². The molecule has 1 saturated heterocycles. The molecule has 0 bridgehead atoms. The van der Waals surface area contributed by atoms with E-state index in [1.807, 2.05) is 11.8 Å². The van der Waals surface area contributed by atoms with Gasteiger partial charge in [0.25, 0.3) is 0 Å². The largest absolute Gasteiger partial charge is 0.481 e.